The second-order valence-corrected chi connectivity index (χ2v) is 6.29. The molecule has 4 rings (SSSR count). The Morgan fingerprint density at radius 2 is 2.00 bits per heavy atom. The van der Waals surface area contributed by atoms with Crippen LogP contribution in [0.4, 0.5) is 4.39 Å². The van der Waals surface area contributed by atoms with E-state index in [0.29, 0.717) is 24.6 Å². The molecule has 1 aliphatic carbocycles. The Hall–Kier alpha value is -2.63. The maximum atomic E-state index is 14.2. The van der Waals surface area contributed by atoms with Gasteiger partial charge in [-0.1, -0.05) is 18.2 Å². The summed E-state index contributed by atoms with van der Waals surface area (Å²) in [5.41, 5.74) is 1.75. The number of hydrogen-bond donors (Lipinski definition) is 2. The third-order valence-electron chi connectivity index (χ3n) is 4.67. The zero-order valence-corrected chi connectivity index (χ0v) is 13.1. The number of carbonyl (C=O) groups excluding carboxylic acids is 2. The smallest absolute Gasteiger partial charge is 0.256 e. The molecule has 1 saturated heterocycles. The van der Waals surface area contributed by atoms with Crippen molar-refractivity contribution in [2.24, 2.45) is 0 Å². The van der Waals surface area contributed by atoms with Crippen LogP contribution in [0.25, 0.3) is 0 Å². The van der Waals surface area contributed by atoms with E-state index in [1.54, 1.807) is 30.5 Å². The highest BCUT2D eigenvalue weighted by Crippen LogP contribution is 2.41. The minimum Gasteiger partial charge on any atom is -0.364 e. The van der Waals surface area contributed by atoms with E-state index in [9.17, 15) is 14.0 Å². The van der Waals surface area contributed by atoms with Gasteiger partial charge in [-0.25, -0.2) is 4.39 Å². The van der Waals surface area contributed by atoms with Crippen LogP contribution in [0.2, 0.25) is 0 Å². The Labute approximate surface area is 138 Å². The zero-order valence-electron chi connectivity index (χ0n) is 13.1. The van der Waals surface area contributed by atoms with Crippen LogP contribution >= 0.6 is 0 Å². The molecule has 1 aromatic heterocycles. The van der Waals surface area contributed by atoms with Crippen LogP contribution in [0.3, 0.4) is 0 Å². The van der Waals surface area contributed by atoms with Crippen LogP contribution in [-0.4, -0.2) is 34.8 Å². The molecule has 0 radical (unpaired) electrons. The van der Waals surface area contributed by atoms with Crippen LogP contribution in [0.15, 0.2) is 36.5 Å². The first kappa shape index (κ1) is 14.9. The Kier molecular flexibility index (Phi) is 3.59. The molecular weight excluding hydrogens is 309 g/mol. The number of halogens is 1. The van der Waals surface area contributed by atoms with Gasteiger partial charge in [0.05, 0.1) is 5.56 Å². The number of H-pyrrole nitrogens is 1. The van der Waals surface area contributed by atoms with Crippen molar-refractivity contribution in [3.05, 3.63) is 59.2 Å². The summed E-state index contributed by atoms with van der Waals surface area (Å²) < 4.78 is 14.2. The lowest BCUT2D eigenvalue weighted by molar-refractivity contribution is -0.128. The van der Waals surface area contributed by atoms with Gasteiger partial charge < -0.3 is 15.2 Å². The first-order valence-electron chi connectivity index (χ1n) is 8.17. The number of nitrogens with one attached hydrogen (secondary N) is 2. The van der Waals surface area contributed by atoms with E-state index in [1.807, 2.05) is 0 Å². The summed E-state index contributed by atoms with van der Waals surface area (Å²) in [5, 5.41) is 2.73. The van der Waals surface area contributed by atoms with Crippen molar-refractivity contribution in [1.82, 2.24) is 15.2 Å². The highest BCUT2D eigenvalue weighted by Gasteiger charge is 2.38. The molecule has 2 aliphatic rings. The molecule has 124 valence electrons. The molecule has 2 aromatic rings. The lowest BCUT2D eigenvalue weighted by Gasteiger charge is -2.35. The van der Waals surface area contributed by atoms with Crippen molar-refractivity contribution in [3.63, 3.8) is 0 Å². The van der Waals surface area contributed by atoms with Crippen molar-refractivity contribution < 1.29 is 14.0 Å². The SMILES string of the molecule is O=C1NCCN(C(=O)c2cc[nH]c2C2CC2)C1c1ccccc1F. The molecule has 1 aliphatic heterocycles. The Morgan fingerprint density at radius 1 is 1.21 bits per heavy atom. The number of carbonyl (C=O) groups is 2. The van der Waals surface area contributed by atoms with Crippen LogP contribution in [0.1, 0.15) is 46.4 Å². The highest BCUT2D eigenvalue weighted by molar-refractivity contribution is 5.99. The molecular formula is C18H18FN3O2. The number of rotatable bonds is 3. The first-order valence-corrected chi connectivity index (χ1v) is 8.17. The number of amides is 2. The number of benzene rings is 1. The minimum atomic E-state index is -0.936. The molecule has 2 heterocycles. The van der Waals surface area contributed by atoms with Gasteiger partial charge in [-0.2, -0.15) is 0 Å². The number of hydrogen-bond acceptors (Lipinski definition) is 2. The topological polar surface area (TPSA) is 65.2 Å². The Balaban J connectivity index is 1.71. The maximum absolute atomic E-state index is 14.2. The fourth-order valence-electron chi connectivity index (χ4n) is 3.32. The maximum Gasteiger partial charge on any atom is 0.256 e. The summed E-state index contributed by atoms with van der Waals surface area (Å²) in [5.74, 6) is -0.650. The Morgan fingerprint density at radius 3 is 2.75 bits per heavy atom. The van der Waals surface area contributed by atoms with Crippen LogP contribution in [0, 0.1) is 5.82 Å². The van der Waals surface area contributed by atoms with Crippen molar-refractivity contribution in [2.75, 3.05) is 13.1 Å². The number of piperazine rings is 1. The summed E-state index contributed by atoms with van der Waals surface area (Å²) in [6, 6.07) is 6.93. The fourth-order valence-corrected chi connectivity index (χ4v) is 3.32. The number of nitrogens with zero attached hydrogens (tertiary/aromatic N) is 1. The molecule has 1 aromatic carbocycles. The van der Waals surface area contributed by atoms with Crippen LogP contribution < -0.4 is 5.32 Å². The molecule has 6 heteroatoms. The summed E-state index contributed by atoms with van der Waals surface area (Å²) in [6.07, 6.45) is 3.89. The zero-order chi connectivity index (χ0) is 16.7. The van der Waals surface area contributed by atoms with Crippen LogP contribution in [-0.2, 0) is 4.79 Å². The summed E-state index contributed by atoms with van der Waals surface area (Å²) in [7, 11) is 0. The van der Waals surface area contributed by atoms with Crippen molar-refractivity contribution >= 4 is 11.8 Å². The van der Waals surface area contributed by atoms with Gasteiger partial charge in [-0.3, -0.25) is 9.59 Å². The van der Waals surface area contributed by atoms with Gasteiger partial charge in [0.15, 0.2) is 0 Å². The Bertz CT molecular complexity index is 797. The second kappa shape index (κ2) is 5.78. The average molecular weight is 327 g/mol. The number of aromatic nitrogens is 1. The largest absolute Gasteiger partial charge is 0.364 e. The lowest BCUT2D eigenvalue weighted by atomic mass is 10.00. The van der Waals surface area contributed by atoms with E-state index < -0.39 is 11.9 Å². The lowest BCUT2D eigenvalue weighted by Crippen LogP contribution is -2.52. The molecule has 24 heavy (non-hydrogen) atoms. The third kappa shape index (κ3) is 2.48. The minimum absolute atomic E-state index is 0.221. The van der Waals surface area contributed by atoms with E-state index in [4.69, 9.17) is 0 Å². The quantitative estimate of drug-likeness (QED) is 0.909. The van der Waals surface area contributed by atoms with Crippen molar-refractivity contribution in [3.8, 4) is 0 Å². The van der Waals surface area contributed by atoms with E-state index >= 15 is 0 Å². The monoisotopic (exact) mass is 327 g/mol. The molecule has 1 saturated carbocycles. The second-order valence-electron chi connectivity index (χ2n) is 6.29. The predicted molar refractivity (Wildman–Crippen MR) is 86.0 cm³/mol. The normalized spacial score (nSPS) is 20.8. The molecule has 2 N–H and O–H groups in total. The van der Waals surface area contributed by atoms with Gasteiger partial charge in [-0.05, 0) is 30.9 Å². The van der Waals surface area contributed by atoms with Gasteiger partial charge >= 0.3 is 0 Å². The van der Waals surface area contributed by atoms with Crippen LogP contribution in [0.5, 0.6) is 0 Å². The third-order valence-corrected chi connectivity index (χ3v) is 4.67. The number of aromatic amines is 1. The van der Waals surface area contributed by atoms with Gasteiger partial charge in [0.25, 0.3) is 5.91 Å². The van der Waals surface area contributed by atoms with Gasteiger partial charge in [0.1, 0.15) is 11.9 Å². The highest BCUT2D eigenvalue weighted by atomic mass is 19.1. The molecule has 5 nitrogen and oxygen atoms in total. The summed E-state index contributed by atoms with van der Waals surface area (Å²) >= 11 is 0. The van der Waals surface area contributed by atoms with Gasteiger partial charge in [0, 0.05) is 30.5 Å². The standard InChI is InChI=1S/C18H18FN3O2/c19-14-4-2-1-3-12(14)16-17(23)21-9-10-22(16)18(24)13-7-8-20-15(13)11-5-6-11/h1-4,7-8,11,16,20H,5-6,9-10H2,(H,21,23). The van der Waals surface area contributed by atoms with Gasteiger partial charge in [-0.15, -0.1) is 0 Å². The fraction of sp³-hybridized carbons (Fsp3) is 0.333. The van der Waals surface area contributed by atoms with Gasteiger partial charge in [0.2, 0.25) is 5.91 Å². The predicted octanol–water partition coefficient (Wildman–Crippen LogP) is 2.34. The molecule has 0 bridgehead atoms. The van der Waals surface area contributed by atoms with E-state index in [0.717, 1.165) is 18.5 Å². The molecule has 1 unspecified atom stereocenters. The molecule has 2 fully saturated rings. The van der Waals surface area contributed by atoms with E-state index in [-0.39, 0.29) is 17.4 Å². The molecule has 1 atom stereocenters. The molecule has 0 spiro atoms. The summed E-state index contributed by atoms with van der Waals surface area (Å²) in [4.78, 5) is 30.1. The van der Waals surface area contributed by atoms with E-state index in [2.05, 4.69) is 10.3 Å². The van der Waals surface area contributed by atoms with Crippen molar-refractivity contribution in [2.45, 2.75) is 24.8 Å². The average Bonchev–Trinajstić information content (AvgIpc) is 3.32. The van der Waals surface area contributed by atoms with Crippen molar-refractivity contribution in [1.29, 1.82) is 0 Å². The molecule has 2 amide bonds. The first-order chi connectivity index (χ1) is 11.7. The summed E-state index contributed by atoms with van der Waals surface area (Å²) in [6.45, 7) is 0.734. The van der Waals surface area contributed by atoms with E-state index in [1.165, 1.54) is 11.0 Å².